The minimum Gasteiger partial charge on any atom is -0.378 e. The molecule has 1 aliphatic rings. The highest BCUT2D eigenvalue weighted by atomic mass is 35.5. The molecule has 1 saturated heterocycles. The number of nitrogens with one attached hydrogen (secondary N) is 1. The lowest BCUT2D eigenvalue weighted by Gasteiger charge is -2.28. The minimum absolute atomic E-state index is 0.0764. The van der Waals surface area contributed by atoms with Gasteiger partial charge in [-0.25, -0.2) is 0 Å². The van der Waals surface area contributed by atoms with Crippen LogP contribution in [0.4, 0.5) is 11.9 Å². The number of anilines is 2. The van der Waals surface area contributed by atoms with E-state index in [9.17, 15) is 0 Å². The molecule has 106 valence electrons. The van der Waals surface area contributed by atoms with E-state index in [4.69, 9.17) is 16.3 Å². The SMILES string of the molecule is CCC(C)(C)Nc1nc(Cl)nc(N2CCOCC2)n1. The van der Waals surface area contributed by atoms with Gasteiger partial charge in [0.05, 0.1) is 13.2 Å². The molecule has 1 N–H and O–H groups in total. The van der Waals surface area contributed by atoms with Gasteiger partial charge in [-0.15, -0.1) is 0 Å². The highest BCUT2D eigenvalue weighted by Gasteiger charge is 2.19. The van der Waals surface area contributed by atoms with E-state index in [0.717, 1.165) is 19.5 Å². The predicted octanol–water partition coefficient (Wildman–Crippen LogP) is 1.96. The minimum atomic E-state index is -0.0764. The van der Waals surface area contributed by atoms with Crippen LogP contribution < -0.4 is 10.2 Å². The van der Waals surface area contributed by atoms with Crippen molar-refractivity contribution in [3.05, 3.63) is 5.28 Å². The van der Waals surface area contributed by atoms with Crippen LogP contribution in [0.1, 0.15) is 27.2 Å². The van der Waals surface area contributed by atoms with E-state index in [0.29, 0.717) is 25.1 Å². The molecule has 2 heterocycles. The number of hydrogen-bond acceptors (Lipinski definition) is 6. The Labute approximate surface area is 118 Å². The lowest BCUT2D eigenvalue weighted by molar-refractivity contribution is 0.122. The van der Waals surface area contributed by atoms with Crippen LogP contribution in [0.15, 0.2) is 0 Å². The van der Waals surface area contributed by atoms with E-state index in [1.54, 1.807) is 0 Å². The Morgan fingerprint density at radius 3 is 2.58 bits per heavy atom. The van der Waals surface area contributed by atoms with E-state index in [1.165, 1.54) is 0 Å². The highest BCUT2D eigenvalue weighted by Crippen LogP contribution is 2.19. The summed E-state index contributed by atoms with van der Waals surface area (Å²) in [6, 6.07) is 0. The standard InChI is InChI=1S/C12H20ClN5O/c1-4-12(2,3)17-10-14-9(13)15-11(16-10)18-5-7-19-8-6-18/h4-8H2,1-3H3,(H,14,15,16,17). The van der Waals surface area contributed by atoms with E-state index < -0.39 is 0 Å². The molecule has 0 unspecified atom stereocenters. The van der Waals surface area contributed by atoms with Gasteiger partial charge in [0.1, 0.15) is 0 Å². The molecule has 0 radical (unpaired) electrons. The zero-order valence-electron chi connectivity index (χ0n) is 11.6. The second-order valence-corrected chi connectivity index (χ2v) is 5.53. The number of ether oxygens (including phenoxy) is 1. The number of morpholine rings is 1. The molecule has 7 heteroatoms. The molecule has 0 amide bonds. The van der Waals surface area contributed by atoms with Crippen molar-refractivity contribution in [3.63, 3.8) is 0 Å². The van der Waals surface area contributed by atoms with Gasteiger partial charge in [-0.05, 0) is 31.9 Å². The predicted molar refractivity (Wildman–Crippen MR) is 75.9 cm³/mol. The van der Waals surface area contributed by atoms with E-state index in [-0.39, 0.29) is 10.8 Å². The highest BCUT2D eigenvalue weighted by molar-refractivity contribution is 6.28. The van der Waals surface area contributed by atoms with Gasteiger partial charge < -0.3 is 15.0 Å². The van der Waals surface area contributed by atoms with Gasteiger partial charge in [-0.2, -0.15) is 15.0 Å². The molecule has 19 heavy (non-hydrogen) atoms. The number of hydrogen-bond donors (Lipinski definition) is 1. The topological polar surface area (TPSA) is 63.2 Å². The first-order valence-corrected chi connectivity index (χ1v) is 6.90. The van der Waals surface area contributed by atoms with Crippen LogP contribution in [0.3, 0.4) is 0 Å². The third-order valence-corrected chi connectivity index (χ3v) is 3.39. The Morgan fingerprint density at radius 2 is 1.95 bits per heavy atom. The molecule has 1 aliphatic heterocycles. The fourth-order valence-electron chi connectivity index (χ4n) is 1.69. The average Bonchev–Trinajstić information content (AvgIpc) is 2.38. The zero-order chi connectivity index (χ0) is 13.9. The molecule has 0 atom stereocenters. The first-order chi connectivity index (χ1) is 9.00. The van der Waals surface area contributed by atoms with Crippen LogP contribution in [-0.4, -0.2) is 46.8 Å². The van der Waals surface area contributed by atoms with E-state index >= 15 is 0 Å². The third kappa shape index (κ3) is 3.91. The fourth-order valence-corrected chi connectivity index (χ4v) is 1.85. The largest absolute Gasteiger partial charge is 0.378 e. The van der Waals surface area contributed by atoms with Crippen LogP contribution in [0.25, 0.3) is 0 Å². The van der Waals surface area contributed by atoms with Gasteiger partial charge in [-0.3, -0.25) is 0 Å². The molecule has 1 fully saturated rings. The molecule has 0 aliphatic carbocycles. The van der Waals surface area contributed by atoms with Crippen molar-refractivity contribution in [2.45, 2.75) is 32.7 Å². The van der Waals surface area contributed by atoms with Crippen molar-refractivity contribution in [1.82, 2.24) is 15.0 Å². The Balaban J connectivity index is 2.19. The van der Waals surface area contributed by atoms with Crippen LogP contribution in [0.5, 0.6) is 0 Å². The second-order valence-electron chi connectivity index (χ2n) is 5.19. The summed E-state index contributed by atoms with van der Waals surface area (Å²) in [7, 11) is 0. The van der Waals surface area contributed by atoms with Crippen molar-refractivity contribution in [2.24, 2.45) is 0 Å². The molecule has 1 aromatic heterocycles. The van der Waals surface area contributed by atoms with Crippen molar-refractivity contribution >= 4 is 23.5 Å². The molecule has 0 saturated carbocycles. The van der Waals surface area contributed by atoms with Crippen molar-refractivity contribution in [1.29, 1.82) is 0 Å². The molecule has 1 aromatic rings. The van der Waals surface area contributed by atoms with Crippen molar-refractivity contribution < 1.29 is 4.74 Å². The average molecular weight is 286 g/mol. The van der Waals surface area contributed by atoms with Gasteiger partial charge in [-0.1, -0.05) is 6.92 Å². The maximum Gasteiger partial charge on any atom is 0.231 e. The van der Waals surface area contributed by atoms with Crippen LogP contribution in [0.2, 0.25) is 5.28 Å². The summed E-state index contributed by atoms with van der Waals surface area (Å²) in [4.78, 5) is 14.8. The Morgan fingerprint density at radius 1 is 1.26 bits per heavy atom. The van der Waals surface area contributed by atoms with E-state index in [1.807, 2.05) is 0 Å². The summed E-state index contributed by atoms with van der Waals surface area (Å²) in [5, 5.41) is 3.50. The van der Waals surface area contributed by atoms with Gasteiger partial charge >= 0.3 is 0 Å². The maximum atomic E-state index is 5.98. The van der Waals surface area contributed by atoms with Gasteiger partial charge in [0, 0.05) is 18.6 Å². The summed E-state index contributed by atoms with van der Waals surface area (Å²) >= 11 is 5.98. The first kappa shape index (κ1) is 14.3. The second kappa shape index (κ2) is 5.88. The molecule has 2 rings (SSSR count). The number of nitrogens with zero attached hydrogens (tertiary/aromatic N) is 4. The smallest absolute Gasteiger partial charge is 0.231 e. The normalized spacial score (nSPS) is 16.5. The van der Waals surface area contributed by atoms with Gasteiger partial charge in [0.15, 0.2) is 0 Å². The van der Waals surface area contributed by atoms with Crippen LogP contribution >= 0.6 is 11.6 Å². The quantitative estimate of drug-likeness (QED) is 0.912. The van der Waals surface area contributed by atoms with Crippen LogP contribution in [0, 0.1) is 0 Å². The molecule has 0 spiro atoms. The van der Waals surface area contributed by atoms with Crippen LogP contribution in [-0.2, 0) is 4.74 Å². The Hall–Kier alpha value is -1.14. The first-order valence-electron chi connectivity index (χ1n) is 6.52. The third-order valence-electron chi connectivity index (χ3n) is 3.22. The molecular formula is C12H20ClN5O. The molecule has 6 nitrogen and oxygen atoms in total. The molecular weight excluding hydrogens is 266 g/mol. The zero-order valence-corrected chi connectivity index (χ0v) is 12.4. The van der Waals surface area contributed by atoms with Crippen molar-refractivity contribution in [2.75, 3.05) is 36.5 Å². The molecule has 0 bridgehead atoms. The lowest BCUT2D eigenvalue weighted by Crippen LogP contribution is -2.38. The lowest BCUT2D eigenvalue weighted by atomic mass is 10.0. The van der Waals surface area contributed by atoms with Gasteiger partial charge in [0.25, 0.3) is 0 Å². The fraction of sp³-hybridized carbons (Fsp3) is 0.750. The summed E-state index contributed by atoms with van der Waals surface area (Å²) < 4.78 is 5.32. The summed E-state index contributed by atoms with van der Waals surface area (Å²) in [6.07, 6.45) is 0.961. The van der Waals surface area contributed by atoms with Gasteiger partial charge in [0.2, 0.25) is 17.2 Å². The number of rotatable bonds is 4. The van der Waals surface area contributed by atoms with E-state index in [2.05, 4.69) is 45.9 Å². The monoisotopic (exact) mass is 285 g/mol. The number of aromatic nitrogens is 3. The Kier molecular flexibility index (Phi) is 4.42. The summed E-state index contributed by atoms with van der Waals surface area (Å²) in [5.41, 5.74) is -0.0764. The van der Waals surface area contributed by atoms with Crippen molar-refractivity contribution in [3.8, 4) is 0 Å². The number of halogens is 1. The summed E-state index contributed by atoms with van der Waals surface area (Å²) in [5.74, 6) is 1.13. The molecule has 0 aromatic carbocycles. The maximum absolute atomic E-state index is 5.98. The summed E-state index contributed by atoms with van der Waals surface area (Å²) in [6.45, 7) is 9.23. The Bertz CT molecular complexity index is 434.